The number of carbonyl (C=O) groups is 1. The topological polar surface area (TPSA) is 50.2 Å². The zero-order valence-corrected chi connectivity index (χ0v) is 16.0. The van der Waals surface area contributed by atoms with Gasteiger partial charge in [-0.25, -0.2) is 0 Å². The fourth-order valence-electron chi connectivity index (χ4n) is 2.60. The molecule has 1 amide bonds. The normalized spacial score (nSPS) is 11.4. The second kappa shape index (κ2) is 8.19. The summed E-state index contributed by atoms with van der Waals surface area (Å²) in [6.07, 6.45) is 5.89. The van der Waals surface area contributed by atoms with Crippen LogP contribution in [-0.4, -0.2) is 28.8 Å². The Morgan fingerprint density at radius 3 is 2.40 bits per heavy atom. The quantitative estimate of drug-likeness (QED) is 0.805. The smallest absolute Gasteiger partial charge is 0.255 e. The minimum absolute atomic E-state index is 0.104. The van der Waals surface area contributed by atoms with Gasteiger partial charge in [0.25, 0.3) is 5.91 Å². The molecule has 0 saturated heterocycles. The van der Waals surface area contributed by atoms with Crippen molar-refractivity contribution in [2.75, 3.05) is 23.3 Å². The summed E-state index contributed by atoms with van der Waals surface area (Å²) in [6.45, 7) is 12.6. The first-order chi connectivity index (χ1) is 11.8. The van der Waals surface area contributed by atoms with Crippen LogP contribution in [0.15, 0.2) is 36.7 Å². The summed E-state index contributed by atoms with van der Waals surface area (Å²) in [6, 6.07) is 7.81. The van der Waals surface area contributed by atoms with Crippen LogP contribution in [-0.2, 0) is 5.54 Å². The Bertz CT molecular complexity index is 682. The first-order valence-corrected chi connectivity index (χ1v) is 9.06. The van der Waals surface area contributed by atoms with Gasteiger partial charge in [-0.05, 0) is 58.4 Å². The van der Waals surface area contributed by atoms with Crippen molar-refractivity contribution in [3.63, 3.8) is 0 Å². The number of carbonyl (C=O) groups excluding carboxylic acids is 1. The molecule has 0 radical (unpaired) electrons. The lowest BCUT2D eigenvalue weighted by molar-refractivity contribution is 0.102. The van der Waals surface area contributed by atoms with E-state index in [4.69, 9.17) is 0 Å². The molecule has 1 heterocycles. The van der Waals surface area contributed by atoms with Crippen LogP contribution in [0.3, 0.4) is 0 Å². The molecule has 1 N–H and O–H groups in total. The first kappa shape index (κ1) is 19.0. The minimum atomic E-state index is -0.114. The molecule has 0 atom stereocenters. The van der Waals surface area contributed by atoms with Crippen molar-refractivity contribution in [3.8, 4) is 0 Å². The molecule has 0 aliphatic carbocycles. The van der Waals surface area contributed by atoms with E-state index in [1.165, 1.54) is 12.8 Å². The maximum Gasteiger partial charge on any atom is 0.255 e. The molecule has 0 saturated carbocycles. The number of nitrogens with zero attached hydrogens (tertiary/aromatic N) is 3. The van der Waals surface area contributed by atoms with Crippen LogP contribution in [0.2, 0.25) is 0 Å². The van der Waals surface area contributed by atoms with E-state index in [-0.39, 0.29) is 11.4 Å². The molecule has 0 unspecified atom stereocenters. The van der Waals surface area contributed by atoms with Crippen molar-refractivity contribution in [1.29, 1.82) is 0 Å². The van der Waals surface area contributed by atoms with Gasteiger partial charge in [0.05, 0.1) is 17.4 Å². The van der Waals surface area contributed by atoms with Crippen molar-refractivity contribution in [3.05, 3.63) is 42.2 Å². The van der Waals surface area contributed by atoms with E-state index in [1.54, 1.807) is 6.20 Å². The van der Waals surface area contributed by atoms with E-state index >= 15 is 0 Å². The Kier molecular flexibility index (Phi) is 6.23. The van der Waals surface area contributed by atoms with E-state index in [9.17, 15) is 4.79 Å². The zero-order valence-electron chi connectivity index (χ0n) is 16.0. The van der Waals surface area contributed by atoms with Crippen LogP contribution in [0.4, 0.5) is 11.4 Å². The van der Waals surface area contributed by atoms with Crippen molar-refractivity contribution < 1.29 is 4.79 Å². The van der Waals surface area contributed by atoms with E-state index in [0.717, 1.165) is 18.8 Å². The van der Waals surface area contributed by atoms with Gasteiger partial charge in [0.2, 0.25) is 0 Å². The Labute approximate surface area is 151 Å². The Morgan fingerprint density at radius 2 is 1.88 bits per heavy atom. The van der Waals surface area contributed by atoms with Gasteiger partial charge in [-0.3, -0.25) is 9.48 Å². The lowest BCUT2D eigenvalue weighted by Gasteiger charge is -2.23. The molecule has 0 bridgehead atoms. The molecule has 2 aromatic rings. The van der Waals surface area contributed by atoms with Crippen LogP contribution >= 0.6 is 0 Å². The summed E-state index contributed by atoms with van der Waals surface area (Å²) in [7, 11) is 0. The summed E-state index contributed by atoms with van der Waals surface area (Å²) >= 11 is 0. The molecule has 1 aromatic heterocycles. The third-order valence-corrected chi connectivity index (χ3v) is 4.19. The Morgan fingerprint density at radius 1 is 1.20 bits per heavy atom. The van der Waals surface area contributed by atoms with Crippen molar-refractivity contribution in [2.24, 2.45) is 0 Å². The summed E-state index contributed by atoms with van der Waals surface area (Å²) < 4.78 is 1.85. The van der Waals surface area contributed by atoms with E-state index in [0.29, 0.717) is 11.3 Å². The summed E-state index contributed by atoms with van der Waals surface area (Å²) in [4.78, 5) is 14.8. The van der Waals surface area contributed by atoms with Gasteiger partial charge in [-0.15, -0.1) is 0 Å². The molecule has 0 spiro atoms. The average Bonchev–Trinajstić information content (AvgIpc) is 3.05. The lowest BCUT2D eigenvalue weighted by atomic mass is 10.1. The average molecular weight is 342 g/mol. The van der Waals surface area contributed by atoms with Gasteiger partial charge in [-0.1, -0.05) is 13.3 Å². The van der Waals surface area contributed by atoms with Crippen LogP contribution in [0, 0.1) is 0 Å². The van der Waals surface area contributed by atoms with Crippen molar-refractivity contribution in [1.82, 2.24) is 9.78 Å². The highest BCUT2D eigenvalue weighted by molar-refractivity contribution is 6.04. The summed E-state index contributed by atoms with van der Waals surface area (Å²) in [5, 5.41) is 7.22. The Hall–Kier alpha value is -2.30. The number of hydrogen-bond donors (Lipinski definition) is 1. The fourth-order valence-corrected chi connectivity index (χ4v) is 2.60. The number of amides is 1. The van der Waals surface area contributed by atoms with Gasteiger partial charge in [0, 0.05) is 30.5 Å². The fraction of sp³-hybridized carbons (Fsp3) is 0.500. The molecule has 5 heteroatoms. The van der Waals surface area contributed by atoms with Gasteiger partial charge in [0.1, 0.15) is 0 Å². The zero-order chi connectivity index (χ0) is 18.4. The molecular weight excluding hydrogens is 312 g/mol. The SMILES string of the molecule is CCCCN(CC)c1ccc(C(=O)Nc2cnn(C(C)(C)C)c2)cc1. The second-order valence-electron chi connectivity index (χ2n) is 7.28. The number of anilines is 2. The summed E-state index contributed by atoms with van der Waals surface area (Å²) in [5.41, 5.74) is 2.42. The highest BCUT2D eigenvalue weighted by Crippen LogP contribution is 2.18. The number of nitrogens with one attached hydrogen (secondary N) is 1. The molecule has 1 aromatic carbocycles. The van der Waals surface area contributed by atoms with E-state index < -0.39 is 0 Å². The van der Waals surface area contributed by atoms with E-state index in [1.807, 2.05) is 35.1 Å². The highest BCUT2D eigenvalue weighted by atomic mass is 16.1. The number of aromatic nitrogens is 2. The number of rotatable bonds is 7. The Balaban J connectivity index is 2.03. The molecule has 0 fully saturated rings. The van der Waals surface area contributed by atoms with Crippen molar-refractivity contribution in [2.45, 2.75) is 53.0 Å². The number of benzene rings is 1. The van der Waals surface area contributed by atoms with Crippen LogP contribution < -0.4 is 10.2 Å². The molecule has 136 valence electrons. The molecule has 5 nitrogen and oxygen atoms in total. The summed E-state index contributed by atoms with van der Waals surface area (Å²) in [5.74, 6) is -0.114. The third-order valence-electron chi connectivity index (χ3n) is 4.19. The standard InChI is InChI=1S/C20H30N4O/c1-6-8-13-23(7-2)18-11-9-16(10-12-18)19(25)22-17-14-21-24(15-17)20(3,4)5/h9-12,14-15H,6-8,13H2,1-5H3,(H,22,25). The maximum atomic E-state index is 12.4. The first-order valence-electron chi connectivity index (χ1n) is 9.06. The molecular formula is C20H30N4O. The van der Waals surface area contributed by atoms with Gasteiger partial charge >= 0.3 is 0 Å². The lowest BCUT2D eigenvalue weighted by Crippen LogP contribution is -2.23. The van der Waals surface area contributed by atoms with Crippen molar-refractivity contribution >= 4 is 17.3 Å². The monoisotopic (exact) mass is 342 g/mol. The highest BCUT2D eigenvalue weighted by Gasteiger charge is 2.15. The van der Waals surface area contributed by atoms with Gasteiger partial charge < -0.3 is 10.2 Å². The van der Waals surface area contributed by atoms with Gasteiger partial charge in [0.15, 0.2) is 0 Å². The second-order valence-corrected chi connectivity index (χ2v) is 7.28. The molecule has 2 rings (SSSR count). The predicted octanol–water partition coefficient (Wildman–Crippen LogP) is 4.52. The van der Waals surface area contributed by atoms with Crippen LogP contribution in [0.1, 0.15) is 57.8 Å². The largest absolute Gasteiger partial charge is 0.372 e. The predicted molar refractivity (Wildman–Crippen MR) is 104 cm³/mol. The number of hydrogen-bond acceptors (Lipinski definition) is 3. The van der Waals surface area contributed by atoms with Crippen LogP contribution in [0.5, 0.6) is 0 Å². The number of unbranched alkanes of at least 4 members (excludes halogenated alkanes) is 1. The molecule has 25 heavy (non-hydrogen) atoms. The van der Waals surface area contributed by atoms with Gasteiger partial charge in [-0.2, -0.15) is 5.10 Å². The third kappa shape index (κ3) is 5.08. The maximum absolute atomic E-state index is 12.4. The molecule has 0 aliphatic heterocycles. The molecule has 0 aliphatic rings. The van der Waals surface area contributed by atoms with E-state index in [2.05, 4.69) is 49.9 Å². The minimum Gasteiger partial charge on any atom is -0.372 e. The van der Waals surface area contributed by atoms with Crippen LogP contribution in [0.25, 0.3) is 0 Å².